The molecule has 0 aliphatic heterocycles. The van der Waals surface area contributed by atoms with E-state index < -0.39 is 35.9 Å². The highest BCUT2D eigenvalue weighted by atomic mass is 16.5. The first-order valence-electron chi connectivity index (χ1n) is 6.62. The third-order valence-corrected chi connectivity index (χ3v) is 1.82. The smallest absolute Gasteiger partial charge is 0.308 e. The first-order valence-corrected chi connectivity index (χ1v) is 5.12. The third-order valence-electron chi connectivity index (χ3n) is 1.82. The van der Waals surface area contributed by atoms with Crippen LogP contribution < -0.4 is 0 Å². The summed E-state index contributed by atoms with van der Waals surface area (Å²) in [6.07, 6.45) is -1.36. The zero-order valence-electron chi connectivity index (χ0n) is 13.2. The maximum atomic E-state index is 11.5. The molecule has 0 aliphatic rings. The highest BCUT2D eigenvalue weighted by Crippen LogP contribution is 2.08. The number of carbonyl (C=O) groups is 2. The second-order valence-electron chi connectivity index (χ2n) is 4.68. The molecule has 0 saturated heterocycles. The Morgan fingerprint density at radius 1 is 1.44 bits per heavy atom. The molecule has 0 aromatic carbocycles. The maximum Gasteiger partial charge on any atom is 0.308 e. The number of quaternary nitrogens is 1. The Balaban J connectivity index is 4.87. The first kappa shape index (κ1) is 10.1. The Labute approximate surface area is 101 Å². The van der Waals surface area contributed by atoms with Crippen LogP contribution in [-0.4, -0.2) is 55.2 Å². The fourth-order valence-corrected chi connectivity index (χ4v) is 1.15. The number of hydrogen-bond donors (Lipinski definition) is 1. The van der Waals surface area contributed by atoms with Gasteiger partial charge < -0.3 is 14.3 Å². The number of carbonyl (C=O) groups excluding carboxylic acids is 1. The van der Waals surface area contributed by atoms with Gasteiger partial charge in [-0.2, -0.15) is 0 Å². The van der Waals surface area contributed by atoms with Crippen molar-refractivity contribution < 1.29 is 28.0 Å². The average Bonchev–Trinajstić information content (AvgIpc) is 2.13. The number of likely N-dealkylation sites (N-methyl/N-ethyl adjacent to an activating group) is 1. The molecular formula is C11H22NO4+. The van der Waals surface area contributed by atoms with Gasteiger partial charge in [0, 0.05) is 0 Å². The van der Waals surface area contributed by atoms with E-state index >= 15 is 0 Å². The minimum absolute atomic E-state index is 0.0821. The van der Waals surface area contributed by atoms with Crippen molar-refractivity contribution in [3.8, 4) is 0 Å². The molecule has 94 valence electrons. The van der Waals surface area contributed by atoms with Crippen LogP contribution in [0.2, 0.25) is 0 Å². The highest BCUT2D eigenvalue weighted by Gasteiger charge is 2.25. The van der Waals surface area contributed by atoms with Crippen molar-refractivity contribution in [1.29, 1.82) is 0 Å². The van der Waals surface area contributed by atoms with Crippen molar-refractivity contribution in [3.63, 3.8) is 0 Å². The normalized spacial score (nSPS) is 17.2. The summed E-state index contributed by atoms with van der Waals surface area (Å²) in [5.74, 6) is -2.05. The van der Waals surface area contributed by atoms with Gasteiger partial charge in [-0.1, -0.05) is 13.8 Å². The van der Waals surface area contributed by atoms with E-state index in [-0.39, 0.29) is 12.5 Å². The molecule has 0 spiro atoms. The van der Waals surface area contributed by atoms with Gasteiger partial charge in [-0.15, -0.1) is 0 Å². The van der Waals surface area contributed by atoms with Gasteiger partial charge in [0.05, 0.1) is 37.5 Å². The second kappa shape index (κ2) is 5.84. The van der Waals surface area contributed by atoms with Gasteiger partial charge in [0.15, 0.2) is 6.10 Å². The summed E-state index contributed by atoms with van der Waals surface area (Å²) in [7, 11) is 2.90. The van der Waals surface area contributed by atoms with Crippen molar-refractivity contribution >= 4 is 11.9 Å². The van der Waals surface area contributed by atoms with E-state index in [0.717, 1.165) is 0 Å². The molecule has 5 heteroatoms. The third kappa shape index (κ3) is 7.23. The van der Waals surface area contributed by atoms with Crippen molar-refractivity contribution in [3.05, 3.63) is 0 Å². The lowest BCUT2D eigenvalue weighted by atomic mass is 10.2. The number of aliphatic carboxylic acids is 1. The SMILES string of the molecule is [2H]C([2H])([2H])[N+](C)(C)C[C@H](CC(=O)O)OC(=O)C(C)C. The van der Waals surface area contributed by atoms with E-state index in [9.17, 15) is 9.59 Å². The van der Waals surface area contributed by atoms with E-state index in [0.29, 0.717) is 0 Å². The molecular weight excluding hydrogens is 210 g/mol. The molecule has 0 aromatic heterocycles. The van der Waals surface area contributed by atoms with Crippen LogP contribution in [0.3, 0.4) is 0 Å². The summed E-state index contributed by atoms with van der Waals surface area (Å²) in [4.78, 5) is 22.3. The second-order valence-corrected chi connectivity index (χ2v) is 4.68. The highest BCUT2D eigenvalue weighted by molar-refractivity contribution is 5.73. The Hall–Kier alpha value is -1.10. The molecule has 0 aromatic rings. The summed E-state index contributed by atoms with van der Waals surface area (Å²) >= 11 is 0. The standard InChI is InChI=1S/C11H21NO4/c1-8(2)11(15)16-9(6-10(13)14)7-12(3,4)5/h8-9H,6-7H2,1-5H3/p+1/t9-/m0/s1/i3D3. The van der Waals surface area contributed by atoms with Gasteiger partial charge in [0.25, 0.3) is 0 Å². The Morgan fingerprint density at radius 3 is 2.38 bits per heavy atom. The molecule has 0 radical (unpaired) electrons. The number of ether oxygens (including phenoxy) is 1. The number of nitrogens with zero attached hydrogens (tertiary/aromatic N) is 1. The molecule has 0 bridgehead atoms. The largest absolute Gasteiger partial charge is 0.481 e. The molecule has 0 unspecified atom stereocenters. The van der Waals surface area contributed by atoms with Crippen LogP contribution in [0.4, 0.5) is 0 Å². The lowest BCUT2D eigenvalue weighted by Gasteiger charge is -2.28. The molecule has 0 aliphatic carbocycles. The monoisotopic (exact) mass is 235 g/mol. The summed E-state index contributed by atoms with van der Waals surface area (Å²) in [6, 6.07) is 0. The minimum atomic E-state index is -2.30. The zero-order valence-corrected chi connectivity index (χ0v) is 10.2. The van der Waals surface area contributed by atoms with E-state index in [2.05, 4.69) is 0 Å². The van der Waals surface area contributed by atoms with Gasteiger partial charge in [0.1, 0.15) is 6.54 Å². The Kier molecular flexibility index (Phi) is 3.68. The molecule has 1 atom stereocenters. The maximum absolute atomic E-state index is 11.5. The molecule has 0 amide bonds. The van der Waals surface area contributed by atoms with Crippen LogP contribution >= 0.6 is 0 Å². The van der Waals surface area contributed by atoms with Gasteiger partial charge in [-0.25, -0.2) is 0 Å². The number of rotatable bonds is 6. The summed E-state index contributed by atoms with van der Waals surface area (Å²) in [5.41, 5.74) is 0. The van der Waals surface area contributed by atoms with Crippen LogP contribution in [0.25, 0.3) is 0 Å². The predicted octanol–water partition coefficient (Wildman–Crippen LogP) is 0.735. The lowest BCUT2D eigenvalue weighted by Crippen LogP contribution is -2.44. The fraction of sp³-hybridized carbons (Fsp3) is 0.818. The van der Waals surface area contributed by atoms with E-state index in [4.69, 9.17) is 14.0 Å². The van der Waals surface area contributed by atoms with E-state index in [1.165, 1.54) is 14.1 Å². The zero-order chi connectivity index (χ0) is 15.4. The molecule has 5 nitrogen and oxygen atoms in total. The van der Waals surface area contributed by atoms with Crippen LogP contribution in [-0.2, 0) is 14.3 Å². The number of hydrogen-bond acceptors (Lipinski definition) is 3. The molecule has 0 rings (SSSR count). The van der Waals surface area contributed by atoms with Crippen molar-refractivity contribution in [2.45, 2.75) is 26.4 Å². The number of carboxylic acids is 1. The quantitative estimate of drug-likeness (QED) is 0.544. The molecule has 0 fully saturated rings. The van der Waals surface area contributed by atoms with Gasteiger partial charge in [0.2, 0.25) is 0 Å². The minimum Gasteiger partial charge on any atom is -0.481 e. The first-order chi connectivity index (χ1) is 8.36. The Morgan fingerprint density at radius 2 is 2.00 bits per heavy atom. The lowest BCUT2D eigenvalue weighted by molar-refractivity contribution is -0.873. The van der Waals surface area contributed by atoms with Crippen LogP contribution in [0.5, 0.6) is 0 Å². The fourth-order valence-electron chi connectivity index (χ4n) is 1.15. The average molecular weight is 235 g/mol. The Bertz CT molecular complexity index is 339. The van der Waals surface area contributed by atoms with E-state index in [1.54, 1.807) is 13.8 Å². The van der Waals surface area contributed by atoms with Gasteiger partial charge in [-0.3, -0.25) is 9.59 Å². The topological polar surface area (TPSA) is 63.6 Å². The van der Waals surface area contributed by atoms with Crippen molar-refractivity contribution in [2.75, 3.05) is 27.6 Å². The van der Waals surface area contributed by atoms with Gasteiger partial charge >= 0.3 is 11.9 Å². The molecule has 16 heavy (non-hydrogen) atoms. The van der Waals surface area contributed by atoms with Crippen LogP contribution in [0.1, 0.15) is 24.4 Å². The van der Waals surface area contributed by atoms with Crippen LogP contribution in [0.15, 0.2) is 0 Å². The van der Waals surface area contributed by atoms with Crippen molar-refractivity contribution in [1.82, 2.24) is 0 Å². The summed E-state index contributed by atoms with van der Waals surface area (Å²) in [5, 5.41) is 8.80. The molecule has 0 heterocycles. The molecule has 0 saturated carbocycles. The van der Waals surface area contributed by atoms with Crippen molar-refractivity contribution in [2.24, 2.45) is 5.92 Å². The van der Waals surface area contributed by atoms with Crippen LogP contribution in [0, 0.1) is 5.92 Å². The van der Waals surface area contributed by atoms with Gasteiger partial charge in [-0.05, 0) is 0 Å². The summed E-state index contributed by atoms with van der Waals surface area (Å²) < 4.78 is 26.8. The summed E-state index contributed by atoms with van der Waals surface area (Å²) in [6.45, 7) is 0.871. The van der Waals surface area contributed by atoms with E-state index in [1.807, 2.05) is 0 Å². The molecule has 1 N–H and O–H groups in total. The predicted molar refractivity (Wildman–Crippen MR) is 59.9 cm³/mol. The number of carboxylic acid groups (broad SMARTS) is 1. The number of esters is 1.